The quantitative estimate of drug-likeness (QED) is 0.114. The number of hydrogen-bond acceptors (Lipinski definition) is 6. The van der Waals surface area contributed by atoms with Crippen molar-refractivity contribution in [1.29, 1.82) is 0 Å². The SMILES string of the molecule is C=CC(=O)NCCCOC(CCCCCCCOCCCNC)COCCCNC=O. The Morgan fingerprint density at radius 2 is 1.55 bits per heavy atom. The van der Waals surface area contributed by atoms with Crippen molar-refractivity contribution in [3.05, 3.63) is 12.7 Å². The van der Waals surface area contributed by atoms with Gasteiger partial charge in [-0.2, -0.15) is 0 Å². The van der Waals surface area contributed by atoms with E-state index < -0.39 is 0 Å². The van der Waals surface area contributed by atoms with Crippen molar-refractivity contribution in [1.82, 2.24) is 16.0 Å². The smallest absolute Gasteiger partial charge is 0.243 e. The maximum Gasteiger partial charge on any atom is 0.243 e. The summed E-state index contributed by atoms with van der Waals surface area (Å²) >= 11 is 0. The summed E-state index contributed by atoms with van der Waals surface area (Å²) in [7, 11) is 1.96. The van der Waals surface area contributed by atoms with Crippen molar-refractivity contribution in [2.24, 2.45) is 0 Å². The fraction of sp³-hybridized carbons (Fsp3) is 0.826. The Hall–Kier alpha value is -1.48. The largest absolute Gasteiger partial charge is 0.381 e. The summed E-state index contributed by atoms with van der Waals surface area (Å²) in [6, 6.07) is 0. The van der Waals surface area contributed by atoms with Crippen LogP contribution in [0.4, 0.5) is 0 Å². The third-order valence-electron chi connectivity index (χ3n) is 4.69. The lowest BCUT2D eigenvalue weighted by Gasteiger charge is -2.18. The summed E-state index contributed by atoms with van der Waals surface area (Å²) in [6.07, 6.45) is 11.4. The molecule has 0 heterocycles. The average Bonchev–Trinajstić information content (AvgIpc) is 2.78. The Morgan fingerprint density at radius 3 is 2.32 bits per heavy atom. The van der Waals surface area contributed by atoms with E-state index in [2.05, 4.69) is 22.5 Å². The highest BCUT2D eigenvalue weighted by atomic mass is 16.5. The second-order valence-electron chi connectivity index (χ2n) is 7.47. The maximum absolute atomic E-state index is 11.2. The standard InChI is InChI=1S/C23H45N3O5/c1-3-23(28)26-15-11-19-31-22(20-30-18-10-14-25-21-27)12-7-5-4-6-8-16-29-17-9-13-24-2/h3,21-22,24H,1,4-20H2,2H3,(H,25,27)(H,26,28). The maximum atomic E-state index is 11.2. The molecule has 0 aliphatic carbocycles. The zero-order valence-corrected chi connectivity index (χ0v) is 19.5. The van der Waals surface area contributed by atoms with Crippen LogP contribution in [-0.4, -0.2) is 78.1 Å². The Morgan fingerprint density at radius 1 is 0.871 bits per heavy atom. The zero-order chi connectivity index (χ0) is 22.8. The third-order valence-corrected chi connectivity index (χ3v) is 4.69. The number of unbranched alkanes of at least 4 members (excludes halogenated alkanes) is 4. The molecule has 0 saturated carbocycles. The average molecular weight is 444 g/mol. The molecule has 0 bridgehead atoms. The number of carbonyl (C=O) groups is 2. The van der Waals surface area contributed by atoms with Gasteiger partial charge in [-0.25, -0.2) is 0 Å². The normalized spacial score (nSPS) is 11.8. The molecule has 0 aliphatic rings. The highest BCUT2D eigenvalue weighted by Gasteiger charge is 2.09. The summed E-state index contributed by atoms with van der Waals surface area (Å²) in [5.74, 6) is -0.160. The minimum Gasteiger partial charge on any atom is -0.381 e. The second-order valence-corrected chi connectivity index (χ2v) is 7.47. The monoisotopic (exact) mass is 443 g/mol. The van der Waals surface area contributed by atoms with Crippen LogP contribution < -0.4 is 16.0 Å². The Labute approximate surface area is 188 Å². The molecule has 0 fully saturated rings. The minimum absolute atomic E-state index is 0.0599. The van der Waals surface area contributed by atoms with E-state index in [-0.39, 0.29) is 12.0 Å². The van der Waals surface area contributed by atoms with Gasteiger partial charge in [0, 0.05) is 39.5 Å². The molecular formula is C23H45N3O5. The molecule has 1 unspecified atom stereocenters. The first-order valence-electron chi connectivity index (χ1n) is 11.7. The molecule has 0 radical (unpaired) electrons. The highest BCUT2D eigenvalue weighted by molar-refractivity contribution is 5.86. The van der Waals surface area contributed by atoms with Gasteiger partial charge in [-0.3, -0.25) is 9.59 Å². The Balaban J connectivity index is 3.83. The van der Waals surface area contributed by atoms with Gasteiger partial charge in [0.15, 0.2) is 0 Å². The molecule has 0 aliphatic heterocycles. The van der Waals surface area contributed by atoms with Gasteiger partial charge < -0.3 is 30.2 Å². The lowest BCUT2D eigenvalue weighted by atomic mass is 10.1. The predicted octanol–water partition coefficient (Wildman–Crippen LogP) is 2.18. The van der Waals surface area contributed by atoms with Crippen LogP contribution in [0, 0.1) is 0 Å². The van der Waals surface area contributed by atoms with E-state index in [9.17, 15) is 9.59 Å². The van der Waals surface area contributed by atoms with Gasteiger partial charge in [-0.1, -0.05) is 32.3 Å². The second kappa shape index (κ2) is 24.8. The van der Waals surface area contributed by atoms with Gasteiger partial charge in [-0.15, -0.1) is 0 Å². The van der Waals surface area contributed by atoms with Crippen LogP contribution in [0.5, 0.6) is 0 Å². The molecule has 0 aromatic rings. The zero-order valence-electron chi connectivity index (χ0n) is 19.5. The van der Waals surface area contributed by atoms with Crippen LogP contribution in [0.2, 0.25) is 0 Å². The van der Waals surface area contributed by atoms with E-state index in [1.165, 1.54) is 25.3 Å². The molecular weight excluding hydrogens is 398 g/mol. The van der Waals surface area contributed by atoms with E-state index in [1.807, 2.05) is 7.05 Å². The van der Waals surface area contributed by atoms with Crippen LogP contribution in [-0.2, 0) is 23.8 Å². The van der Waals surface area contributed by atoms with Gasteiger partial charge in [0.05, 0.1) is 12.7 Å². The molecule has 31 heavy (non-hydrogen) atoms. The van der Waals surface area contributed by atoms with Gasteiger partial charge in [0.2, 0.25) is 12.3 Å². The van der Waals surface area contributed by atoms with Crippen molar-refractivity contribution in [2.45, 2.75) is 63.9 Å². The van der Waals surface area contributed by atoms with Crippen molar-refractivity contribution >= 4 is 12.3 Å². The van der Waals surface area contributed by atoms with Crippen LogP contribution >= 0.6 is 0 Å². The van der Waals surface area contributed by atoms with Crippen molar-refractivity contribution in [3.8, 4) is 0 Å². The number of hydrogen-bond donors (Lipinski definition) is 3. The van der Waals surface area contributed by atoms with Crippen LogP contribution in [0.25, 0.3) is 0 Å². The fourth-order valence-electron chi connectivity index (χ4n) is 2.93. The molecule has 1 atom stereocenters. The number of ether oxygens (including phenoxy) is 3. The molecule has 8 nitrogen and oxygen atoms in total. The Kier molecular flexibility index (Phi) is 23.6. The molecule has 0 spiro atoms. The first-order valence-corrected chi connectivity index (χ1v) is 11.7. The van der Waals surface area contributed by atoms with Crippen molar-refractivity contribution in [2.75, 3.05) is 59.7 Å². The molecule has 0 rings (SSSR count). The lowest BCUT2D eigenvalue weighted by molar-refractivity contribution is -0.116. The van der Waals surface area contributed by atoms with Gasteiger partial charge in [-0.05, 0) is 51.8 Å². The van der Waals surface area contributed by atoms with E-state index in [0.29, 0.717) is 39.3 Å². The number of amides is 2. The molecule has 2 amide bonds. The minimum atomic E-state index is -0.160. The highest BCUT2D eigenvalue weighted by Crippen LogP contribution is 2.11. The molecule has 0 aromatic heterocycles. The van der Waals surface area contributed by atoms with E-state index in [0.717, 1.165) is 58.3 Å². The van der Waals surface area contributed by atoms with E-state index in [4.69, 9.17) is 14.2 Å². The molecule has 8 heteroatoms. The summed E-state index contributed by atoms with van der Waals surface area (Å²) in [4.78, 5) is 21.4. The summed E-state index contributed by atoms with van der Waals surface area (Å²) in [6.45, 7) is 9.07. The van der Waals surface area contributed by atoms with Gasteiger partial charge in [0.25, 0.3) is 0 Å². The Bertz CT molecular complexity index is 424. The third kappa shape index (κ3) is 23.0. The summed E-state index contributed by atoms with van der Waals surface area (Å²) in [5, 5.41) is 8.50. The molecule has 0 saturated heterocycles. The molecule has 0 aromatic carbocycles. The summed E-state index contributed by atoms with van der Waals surface area (Å²) < 4.78 is 17.3. The lowest BCUT2D eigenvalue weighted by Crippen LogP contribution is -2.25. The van der Waals surface area contributed by atoms with Crippen molar-refractivity contribution in [3.63, 3.8) is 0 Å². The van der Waals surface area contributed by atoms with Gasteiger partial charge in [0.1, 0.15) is 0 Å². The van der Waals surface area contributed by atoms with E-state index >= 15 is 0 Å². The predicted molar refractivity (Wildman–Crippen MR) is 124 cm³/mol. The van der Waals surface area contributed by atoms with Gasteiger partial charge >= 0.3 is 0 Å². The number of rotatable bonds is 25. The van der Waals surface area contributed by atoms with E-state index in [1.54, 1.807) is 0 Å². The summed E-state index contributed by atoms with van der Waals surface area (Å²) in [5.41, 5.74) is 0. The fourth-order valence-corrected chi connectivity index (χ4v) is 2.93. The first-order chi connectivity index (χ1) is 15.2. The van der Waals surface area contributed by atoms with Crippen LogP contribution in [0.3, 0.4) is 0 Å². The molecule has 3 N–H and O–H groups in total. The van der Waals surface area contributed by atoms with Crippen LogP contribution in [0.1, 0.15) is 57.8 Å². The first kappa shape index (κ1) is 29.5. The van der Waals surface area contributed by atoms with Crippen molar-refractivity contribution < 1.29 is 23.8 Å². The number of nitrogens with one attached hydrogen (secondary N) is 3. The topological polar surface area (TPSA) is 97.9 Å². The molecule has 182 valence electrons. The van der Waals surface area contributed by atoms with Crippen LogP contribution in [0.15, 0.2) is 12.7 Å². The number of carbonyl (C=O) groups excluding carboxylic acids is 2.